The minimum atomic E-state index is -0.938. The first-order chi connectivity index (χ1) is 14.7. The monoisotopic (exact) mass is 419 g/mol. The Morgan fingerprint density at radius 2 is 1.65 bits per heavy atom. The number of aromatic nitrogens is 2. The highest BCUT2D eigenvalue weighted by molar-refractivity contribution is 5.98. The maximum atomic E-state index is 12.8. The second-order valence-corrected chi connectivity index (χ2v) is 8.04. The molecule has 3 rings (SSSR count). The summed E-state index contributed by atoms with van der Waals surface area (Å²) in [5.41, 5.74) is 6.68. The lowest BCUT2D eigenvalue weighted by molar-refractivity contribution is -0.123. The van der Waals surface area contributed by atoms with E-state index in [-0.39, 0.29) is 5.91 Å². The van der Waals surface area contributed by atoms with Gasteiger partial charge in [0.2, 0.25) is 0 Å². The van der Waals surface area contributed by atoms with Crippen LogP contribution >= 0.6 is 0 Å². The molecule has 6 nitrogen and oxygen atoms in total. The summed E-state index contributed by atoms with van der Waals surface area (Å²) in [6, 6.07) is 14.0. The van der Waals surface area contributed by atoms with Crippen molar-refractivity contribution in [2.45, 2.75) is 54.2 Å². The third-order valence-corrected chi connectivity index (χ3v) is 5.34. The molecule has 0 aliphatic rings. The molecule has 3 aromatic rings. The standard InChI is InChI=1S/C25H29N3O3/c1-15-8-11-21(12-9-15)14-28-19(5)23(18(4)27-28)25(30)31-20(6)24(29)26-22-13-16(2)7-10-17(22)3/h7-13,20H,14H2,1-6H3,(H,26,29)/t20-/m0/s1. The average Bonchev–Trinajstić information content (AvgIpc) is 2.99. The molecule has 31 heavy (non-hydrogen) atoms. The normalized spacial score (nSPS) is 11.8. The molecule has 0 saturated heterocycles. The second kappa shape index (κ2) is 9.16. The van der Waals surface area contributed by atoms with Crippen LogP contribution in [0.3, 0.4) is 0 Å². The van der Waals surface area contributed by atoms with Crippen molar-refractivity contribution in [3.8, 4) is 0 Å². The SMILES string of the molecule is Cc1ccc(Cn2nc(C)c(C(=O)O[C@@H](C)C(=O)Nc3cc(C)ccc3C)c2C)cc1. The number of rotatable bonds is 6. The highest BCUT2D eigenvalue weighted by Crippen LogP contribution is 2.19. The van der Waals surface area contributed by atoms with Crippen molar-refractivity contribution in [2.24, 2.45) is 0 Å². The number of nitrogens with zero attached hydrogens (tertiary/aromatic N) is 2. The number of esters is 1. The zero-order chi connectivity index (χ0) is 22.7. The number of anilines is 1. The minimum Gasteiger partial charge on any atom is -0.449 e. The molecule has 0 spiro atoms. The highest BCUT2D eigenvalue weighted by atomic mass is 16.5. The number of hydrogen-bond donors (Lipinski definition) is 1. The molecule has 0 bridgehead atoms. The maximum Gasteiger partial charge on any atom is 0.342 e. The van der Waals surface area contributed by atoms with E-state index < -0.39 is 12.1 Å². The van der Waals surface area contributed by atoms with E-state index >= 15 is 0 Å². The van der Waals surface area contributed by atoms with Crippen LogP contribution in [-0.4, -0.2) is 27.8 Å². The Labute approximate surface area is 183 Å². The molecule has 1 atom stereocenters. The number of ether oxygens (including phenoxy) is 1. The van der Waals surface area contributed by atoms with Crippen LogP contribution in [0.5, 0.6) is 0 Å². The van der Waals surface area contributed by atoms with Gasteiger partial charge in [-0.25, -0.2) is 4.79 Å². The maximum absolute atomic E-state index is 12.8. The van der Waals surface area contributed by atoms with Crippen LogP contribution in [0, 0.1) is 34.6 Å². The van der Waals surface area contributed by atoms with E-state index in [0.29, 0.717) is 29.2 Å². The summed E-state index contributed by atoms with van der Waals surface area (Å²) < 4.78 is 7.27. The van der Waals surface area contributed by atoms with Crippen molar-refractivity contribution in [3.05, 3.63) is 81.7 Å². The van der Waals surface area contributed by atoms with Gasteiger partial charge < -0.3 is 10.1 Å². The number of amides is 1. The lowest BCUT2D eigenvalue weighted by Crippen LogP contribution is -2.30. The summed E-state index contributed by atoms with van der Waals surface area (Å²) in [4.78, 5) is 25.4. The Bertz CT molecular complexity index is 1110. The fourth-order valence-corrected chi connectivity index (χ4v) is 3.39. The van der Waals surface area contributed by atoms with Gasteiger partial charge in [0, 0.05) is 5.69 Å². The van der Waals surface area contributed by atoms with E-state index in [1.54, 1.807) is 18.5 Å². The fraction of sp³-hybridized carbons (Fsp3) is 0.320. The Morgan fingerprint density at radius 1 is 1.00 bits per heavy atom. The van der Waals surface area contributed by atoms with Gasteiger partial charge in [0.1, 0.15) is 5.56 Å². The van der Waals surface area contributed by atoms with E-state index in [9.17, 15) is 9.59 Å². The van der Waals surface area contributed by atoms with E-state index in [0.717, 1.165) is 16.7 Å². The lowest BCUT2D eigenvalue weighted by atomic mass is 10.1. The van der Waals surface area contributed by atoms with Gasteiger partial charge in [-0.05, 0) is 64.3 Å². The second-order valence-electron chi connectivity index (χ2n) is 8.04. The number of carbonyl (C=O) groups is 2. The predicted octanol–water partition coefficient (Wildman–Crippen LogP) is 4.66. The molecular weight excluding hydrogens is 390 g/mol. The molecule has 162 valence electrons. The summed E-state index contributed by atoms with van der Waals surface area (Å²) in [5, 5.41) is 7.35. The molecule has 0 fully saturated rings. The third kappa shape index (κ3) is 5.20. The molecule has 1 aromatic heterocycles. The first-order valence-electron chi connectivity index (χ1n) is 10.3. The van der Waals surface area contributed by atoms with Crippen molar-refractivity contribution in [2.75, 3.05) is 5.32 Å². The van der Waals surface area contributed by atoms with Gasteiger partial charge in [0.05, 0.1) is 17.9 Å². The zero-order valence-electron chi connectivity index (χ0n) is 18.9. The summed E-state index contributed by atoms with van der Waals surface area (Å²) in [6.07, 6.45) is -0.938. The number of carbonyl (C=O) groups excluding carboxylic acids is 2. The molecule has 1 N–H and O–H groups in total. The van der Waals surface area contributed by atoms with Crippen LogP contribution in [-0.2, 0) is 16.1 Å². The molecule has 1 heterocycles. The first-order valence-corrected chi connectivity index (χ1v) is 10.3. The van der Waals surface area contributed by atoms with E-state index in [1.165, 1.54) is 5.56 Å². The van der Waals surface area contributed by atoms with Crippen LogP contribution in [0.2, 0.25) is 0 Å². The Kier molecular flexibility index (Phi) is 6.59. The molecule has 6 heteroatoms. The molecule has 2 aromatic carbocycles. The van der Waals surface area contributed by atoms with Crippen molar-refractivity contribution < 1.29 is 14.3 Å². The van der Waals surface area contributed by atoms with Gasteiger partial charge in [-0.2, -0.15) is 5.10 Å². The topological polar surface area (TPSA) is 73.2 Å². The van der Waals surface area contributed by atoms with Gasteiger partial charge in [0.15, 0.2) is 6.10 Å². The van der Waals surface area contributed by atoms with Crippen molar-refractivity contribution in [1.82, 2.24) is 9.78 Å². The molecule has 0 saturated carbocycles. The number of aryl methyl sites for hydroxylation is 4. The lowest BCUT2D eigenvalue weighted by Gasteiger charge is -2.15. The summed E-state index contributed by atoms with van der Waals surface area (Å²) in [6.45, 7) is 11.7. The Hall–Kier alpha value is -3.41. The number of hydrogen-bond acceptors (Lipinski definition) is 4. The molecule has 1 amide bonds. The van der Waals surface area contributed by atoms with Gasteiger partial charge in [-0.15, -0.1) is 0 Å². The quantitative estimate of drug-likeness (QED) is 0.590. The predicted molar refractivity (Wildman–Crippen MR) is 121 cm³/mol. The Balaban J connectivity index is 1.70. The molecule has 0 aliphatic carbocycles. The van der Waals surface area contributed by atoms with E-state index in [2.05, 4.69) is 10.4 Å². The van der Waals surface area contributed by atoms with E-state index in [1.807, 2.05) is 70.2 Å². The van der Waals surface area contributed by atoms with Gasteiger partial charge >= 0.3 is 5.97 Å². The van der Waals surface area contributed by atoms with Gasteiger partial charge in [0.25, 0.3) is 5.91 Å². The zero-order valence-corrected chi connectivity index (χ0v) is 18.9. The van der Waals surface area contributed by atoms with E-state index in [4.69, 9.17) is 4.74 Å². The van der Waals surface area contributed by atoms with Crippen molar-refractivity contribution in [1.29, 1.82) is 0 Å². The first kappa shape index (κ1) is 22.3. The number of nitrogens with one attached hydrogen (secondary N) is 1. The van der Waals surface area contributed by atoms with Crippen LogP contribution in [0.1, 0.15) is 50.9 Å². The van der Waals surface area contributed by atoms with Crippen molar-refractivity contribution >= 4 is 17.6 Å². The van der Waals surface area contributed by atoms with Gasteiger partial charge in [-0.1, -0.05) is 42.0 Å². The smallest absolute Gasteiger partial charge is 0.342 e. The molecule has 0 unspecified atom stereocenters. The fourth-order valence-electron chi connectivity index (χ4n) is 3.39. The average molecular weight is 420 g/mol. The molecule has 0 radical (unpaired) electrons. The van der Waals surface area contributed by atoms with Crippen molar-refractivity contribution in [3.63, 3.8) is 0 Å². The van der Waals surface area contributed by atoms with Crippen LogP contribution < -0.4 is 5.32 Å². The highest BCUT2D eigenvalue weighted by Gasteiger charge is 2.25. The third-order valence-electron chi connectivity index (χ3n) is 5.34. The van der Waals surface area contributed by atoms with Crippen LogP contribution in [0.15, 0.2) is 42.5 Å². The largest absolute Gasteiger partial charge is 0.449 e. The Morgan fingerprint density at radius 3 is 2.32 bits per heavy atom. The summed E-state index contributed by atoms with van der Waals surface area (Å²) >= 11 is 0. The minimum absolute atomic E-state index is 0.371. The molecule has 0 aliphatic heterocycles. The summed E-state index contributed by atoms with van der Waals surface area (Å²) in [7, 11) is 0. The van der Waals surface area contributed by atoms with Crippen LogP contribution in [0.4, 0.5) is 5.69 Å². The summed E-state index contributed by atoms with van der Waals surface area (Å²) in [5.74, 6) is -0.918. The van der Waals surface area contributed by atoms with Gasteiger partial charge in [-0.3, -0.25) is 9.48 Å². The molecular formula is C25H29N3O3. The number of benzene rings is 2. The van der Waals surface area contributed by atoms with Crippen LogP contribution in [0.25, 0.3) is 0 Å².